The Balaban J connectivity index is 1.99. The molecule has 152 valence electrons. The zero-order valence-electron chi connectivity index (χ0n) is 17.6. The summed E-state index contributed by atoms with van der Waals surface area (Å²) < 4.78 is 6.28. The predicted molar refractivity (Wildman–Crippen MR) is 121 cm³/mol. The van der Waals surface area contributed by atoms with Gasteiger partial charge >= 0.3 is 0 Å². The van der Waals surface area contributed by atoms with Crippen LogP contribution in [0.4, 0.5) is 0 Å². The van der Waals surface area contributed by atoms with E-state index in [4.69, 9.17) is 4.74 Å². The van der Waals surface area contributed by atoms with Crippen molar-refractivity contribution in [3.63, 3.8) is 0 Å². The first kappa shape index (κ1) is 20.9. The summed E-state index contributed by atoms with van der Waals surface area (Å²) in [4.78, 5) is 15.5. The summed E-state index contributed by atoms with van der Waals surface area (Å²) in [6.07, 6.45) is 5.41. The number of unbranched alkanes of at least 4 members (excludes halogenated alkanes) is 3. The van der Waals surface area contributed by atoms with Crippen molar-refractivity contribution in [1.82, 2.24) is 4.90 Å². The second kappa shape index (κ2) is 10.7. The third-order valence-electron chi connectivity index (χ3n) is 5.17. The van der Waals surface area contributed by atoms with Gasteiger partial charge in [-0.3, -0.25) is 4.79 Å². The molecule has 3 heteroatoms. The number of fused-ring (bicyclic) bond motifs is 1. The van der Waals surface area contributed by atoms with Gasteiger partial charge < -0.3 is 9.64 Å². The van der Waals surface area contributed by atoms with E-state index in [-0.39, 0.29) is 5.91 Å². The van der Waals surface area contributed by atoms with E-state index < -0.39 is 0 Å². The summed E-state index contributed by atoms with van der Waals surface area (Å²) in [6.45, 7) is 5.93. The summed E-state index contributed by atoms with van der Waals surface area (Å²) in [5, 5.41) is 2.03. The molecule has 29 heavy (non-hydrogen) atoms. The van der Waals surface area contributed by atoms with Gasteiger partial charge in [-0.1, -0.05) is 81.6 Å². The average Bonchev–Trinajstić information content (AvgIpc) is 2.76. The number of nitrogens with zero attached hydrogens (tertiary/aromatic N) is 1. The molecule has 0 aliphatic carbocycles. The minimum Gasteiger partial charge on any atom is -0.456 e. The third kappa shape index (κ3) is 5.38. The van der Waals surface area contributed by atoms with Crippen molar-refractivity contribution >= 4 is 16.7 Å². The SMILES string of the molecule is CCCCCN(CCCC)C(=O)c1ccc2ccccc2c1Oc1ccccc1. The molecule has 3 aromatic carbocycles. The Morgan fingerprint density at radius 3 is 2.24 bits per heavy atom. The van der Waals surface area contributed by atoms with Crippen molar-refractivity contribution < 1.29 is 9.53 Å². The number of amides is 1. The summed E-state index contributed by atoms with van der Waals surface area (Å²) in [7, 11) is 0. The molecule has 0 aliphatic rings. The summed E-state index contributed by atoms with van der Waals surface area (Å²) in [5.41, 5.74) is 0.639. The highest BCUT2D eigenvalue weighted by Gasteiger charge is 2.21. The minimum absolute atomic E-state index is 0.0613. The third-order valence-corrected chi connectivity index (χ3v) is 5.17. The normalized spacial score (nSPS) is 10.8. The van der Waals surface area contributed by atoms with Crippen molar-refractivity contribution in [3.8, 4) is 11.5 Å². The highest BCUT2D eigenvalue weighted by atomic mass is 16.5. The quantitative estimate of drug-likeness (QED) is 0.347. The molecule has 3 nitrogen and oxygen atoms in total. The fourth-order valence-electron chi connectivity index (χ4n) is 3.51. The number of benzene rings is 3. The lowest BCUT2D eigenvalue weighted by Crippen LogP contribution is -2.33. The van der Waals surface area contributed by atoms with Gasteiger partial charge in [0.25, 0.3) is 5.91 Å². The first-order chi connectivity index (χ1) is 14.2. The fourth-order valence-corrected chi connectivity index (χ4v) is 3.51. The molecule has 0 aromatic heterocycles. The van der Waals surface area contributed by atoms with E-state index in [1.807, 2.05) is 65.6 Å². The Kier molecular flexibility index (Phi) is 7.69. The summed E-state index contributed by atoms with van der Waals surface area (Å²) in [6, 6.07) is 21.7. The first-order valence-electron chi connectivity index (χ1n) is 10.8. The van der Waals surface area contributed by atoms with Gasteiger partial charge in [-0.15, -0.1) is 0 Å². The fraction of sp³-hybridized carbons (Fsp3) is 0.346. The van der Waals surface area contributed by atoms with Crippen LogP contribution in [0.5, 0.6) is 11.5 Å². The maximum absolute atomic E-state index is 13.5. The van der Waals surface area contributed by atoms with E-state index in [0.29, 0.717) is 11.3 Å². The monoisotopic (exact) mass is 389 g/mol. The topological polar surface area (TPSA) is 29.5 Å². The van der Waals surface area contributed by atoms with E-state index in [0.717, 1.165) is 61.7 Å². The van der Waals surface area contributed by atoms with Crippen LogP contribution < -0.4 is 4.74 Å². The Bertz CT molecular complexity index is 920. The summed E-state index contributed by atoms with van der Waals surface area (Å²) in [5.74, 6) is 1.45. The number of carbonyl (C=O) groups is 1. The van der Waals surface area contributed by atoms with E-state index in [1.165, 1.54) is 0 Å². The van der Waals surface area contributed by atoms with Gasteiger partial charge in [0.1, 0.15) is 11.5 Å². The standard InChI is InChI=1S/C26H31NO2/c1-3-5-12-20-27(19-6-4-2)26(28)24-18-17-21-13-10-11-16-23(21)25(24)29-22-14-8-7-9-15-22/h7-11,13-18H,3-6,12,19-20H2,1-2H3. The number of rotatable bonds is 10. The zero-order valence-corrected chi connectivity index (χ0v) is 17.6. The van der Waals surface area contributed by atoms with Gasteiger partial charge in [-0.2, -0.15) is 0 Å². The molecule has 0 heterocycles. The lowest BCUT2D eigenvalue weighted by atomic mass is 10.0. The molecule has 3 rings (SSSR count). The molecule has 0 aliphatic heterocycles. The average molecular weight is 390 g/mol. The lowest BCUT2D eigenvalue weighted by Gasteiger charge is -2.24. The molecule has 0 fully saturated rings. The van der Waals surface area contributed by atoms with Crippen LogP contribution in [-0.2, 0) is 0 Å². The molecule has 1 amide bonds. The van der Waals surface area contributed by atoms with E-state index in [1.54, 1.807) is 0 Å². The largest absolute Gasteiger partial charge is 0.456 e. The smallest absolute Gasteiger partial charge is 0.257 e. The van der Waals surface area contributed by atoms with Crippen molar-refractivity contribution in [3.05, 3.63) is 72.3 Å². The Morgan fingerprint density at radius 1 is 0.793 bits per heavy atom. The molecule has 0 N–H and O–H groups in total. The highest BCUT2D eigenvalue weighted by molar-refractivity contribution is 6.04. The van der Waals surface area contributed by atoms with Gasteiger partial charge in [0.05, 0.1) is 5.56 Å². The second-order valence-electron chi connectivity index (χ2n) is 7.43. The van der Waals surface area contributed by atoms with Crippen LogP contribution in [-0.4, -0.2) is 23.9 Å². The zero-order chi connectivity index (χ0) is 20.5. The predicted octanol–water partition coefficient (Wildman–Crippen LogP) is 7.06. The van der Waals surface area contributed by atoms with Crippen LogP contribution in [0.3, 0.4) is 0 Å². The van der Waals surface area contributed by atoms with Crippen LogP contribution in [0, 0.1) is 0 Å². The van der Waals surface area contributed by atoms with Crippen LogP contribution in [0.2, 0.25) is 0 Å². The maximum Gasteiger partial charge on any atom is 0.257 e. The summed E-state index contributed by atoms with van der Waals surface area (Å²) >= 11 is 0. The molecular weight excluding hydrogens is 358 g/mol. The Morgan fingerprint density at radius 2 is 1.48 bits per heavy atom. The van der Waals surface area contributed by atoms with Gasteiger partial charge in [0.15, 0.2) is 0 Å². The molecule has 3 aromatic rings. The number of ether oxygens (including phenoxy) is 1. The van der Waals surface area contributed by atoms with Gasteiger partial charge in [-0.05, 0) is 36.4 Å². The van der Waals surface area contributed by atoms with E-state index >= 15 is 0 Å². The van der Waals surface area contributed by atoms with E-state index in [9.17, 15) is 4.79 Å². The van der Waals surface area contributed by atoms with Gasteiger partial charge in [-0.25, -0.2) is 0 Å². The molecule has 0 radical (unpaired) electrons. The van der Waals surface area contributed by atoms with Crippen LogP contribution in [0.25, 0.3) is 10.8 Å². The van der Waals surface area contributed by atoms with Crippen LogP contribution in [0.1, 0.15) is 56.3 Å². The van der Waals surface area contributed by atoms with E-state index in [2.05, 4.69) is 19.9 Å². The molecule has 0 unspecified atom stereocenters. The number of hydrogen-bond acceptors (Lipinski definition) is 2. The number of carbonyl (C=O) groups excluding carboxylic acids is 1. The minimum atomic E-state index is 0.0613. The Labute approximate surface area is 174 Å². The molecule has 0 saturated heterocycles. The van der Waals surface area contributed by atoms with Gasteiger partial charge in [0.2, 0.25) is 0 Å². The molecule has 0 bridgehead atoms. The van der Waals surface area contributed by atoms with Crippen molar-refractivity contribution in [2.45, 2.75) is 46.0 Å². The van der Waals surface area contributed by atoms with Crippen molar-refractivity contribution in [1.29, 1.82) is 0 Å². The second-order valence-corrected chi connectivity index (χ2v) is 7.43. The number of hydrogen-bond donors (Lipinski definition) is 0. The van der Waals surface area contributed by atoms with Crippen molar-refractivity contribution in [2.75, 3.05) is 13.1 Å². The highest BCUT2D eigenvalue weighted by Crippen LogP contribution is 2.34. The van der Waals surface area contributed by atoms with Gasteiger partial charge in [0, 0.05) is 18.5 Å². The maximum atomic E-state index is 13.5. The first-order valence-corrected chi connectivity index (χ1v) is 10.8. The molecule has 0 spiro atoms. The van der Waals surface area contributed by atoms with Crippen LogP contribution >= 0.6 is 0 Å². The lowest BCUT2D eigenvalue weighted by molar-refractivity contribution is 0.0748. The van der Waals surface area contributed by atoms with Crippen LogP contribution in [0.15, 0.2) is 66.7 Å². The van der Waals surface area contributed by atoms with Crippen molar-refractivity contribution in [2.24, 2.45) is 0 Å². The molecule has 0 saturated carbocycles. The Hall–Kier alpha value is -2.81. The number of para-hydroxylation sites is 1. The molecule has 0 atom stereocenters. The molecular formula is C26H31NO2.